The van der Waals surface area contributed by atoms with Gasteiger partial charge in [-0.05, 0) is 66.5 Å². The average Bonchev–Trinajstić information content (AvgIpc) is 3.33. The minimum absolute atomic E-state index is 0.0517. The number of nitrogens with one attached hydrogen (secondary N) is 1. The van der Waals surface area contributed by atoms with Gasteiger partial charge in [0.15, 0.2) is 0 Å². The Morgan fingerprint density at radius 1 is 1.14 bits per heavy atom. The zero-order valence-electron chi connectivity index (χ0n) is 16.7. The maximum absolute atomic E-state index is 12.7. The molecule has 152 valence electrons. The number of carbonyl (C=O) groups is 2. The fourth-order valence-corrected chi connectivity index (χ4v) is 5.27. The molecule has 2 aliphatic carbocycles. The molecule has 2 amide bonds. The third kappa shape index (κ3) is 3.59. The molecule has 0 bridgehead atoms. The first-order valence-electron chi connectivity index (χ1n) is 10.8. The number of fused-ring (bicyclic) bond motifs is 2. The highest BCUT2D eigenvalue weighted by atomic mass is 16.3. The number of rotatable bonds is 5. The van der Waals surface area contributed by atoms with Crippen LogP contribution in [0, 0.1) is 5.92 Å². The second-order valence-corrected chi connectivity index (χ2v) is 9.02. The molecule has 1 aliphatic heterocycles. The molecule has 0 radical (unpaired) electrons. The van der Waals surface area contributed by atoms with E-state index in [1.54, 1.807) is 12.3 Å². The first kappa shape index (κ1) is 18.5. The molecule has 2 fully saturated rings. The van der Waals surface area contributed by atoms with Crippen LogP contribution in [0.4, 0.5) is 0 Å². The monoisotopic (exact) mass is 392 g/mol. The molecular formula is C24H28N2O3. The SMILES string of the molecule is O=C(C[C@@H]1CC2(CCN(C(=O)c3ccoc3)CC2)c2ccccc21)NCC1CC1. The van der Waals surface area contributed by atoms with Gasteiger partial charge in [-0.15, -0.1) is 0 Å². The molecule has 3 aliphatic rings. The number of amides is 2. The molecule has 2 heterocycles. The number of likely N-dealkylation sites (tertiary alicyclic amines) is 1. The number of benzene rings is 1. The van der Waals surface area contributed by atoms with Gasteiger partial charge in [0.05, 0.1) is 11.8 Å². The fourth-order valence-electron chi connectivity index (χ4n) is 5.27. The van der Waals surface area contributed by atoms with Crippen molar-refractivity contribution in [2.75, 3.05) is 19.6 Å². The number of carbonyl (C=O) groups excluding carboxylic acids is 2. The minimum atomic E-state index is 0.0517. The van der Waals surface area contributed by atoms with Crippen LogP contribution in [0.5, 0.6) is 0 Å². The van der Waals surface area contributed by atoms with Crippen molar-refractivity contribution >= 4 is 11.8 Å². The molecule has 1 N–H and O–H groups in total. The van der Waals surface area contributed by atoms with Crippen LogP contribution in [0.3, 0.4) is 0 Å². The molecular weight excluding hydrogens is 364 g/mol. The summed E-state index contributed by atoms with van der Waals surface area (Å²) in [6.45, 7) is 2.33. The van der Waals surface area contributed by atoms with Gasteiger partial charge in [-0.2, -0.15) is 0 Å². The summed E-state index contributed by atoms with van der Waals surface area (Å²) in [5.74, 6) is 1.22. The van der Waals surface area contributed by atoms with E-state index in [4.69, 9.17) is 4.42 Å². The highest BCUT2D eigenvalue weighted by molar-refractivity contribution is 5.93. The van der Waals surface area contributed by atoms with Crippen molar-refractivity contribution in [3.63, 3.8) is 0 Å². The van der Waals surface area contributed by atoms with Gasteiger partial charge in [0.2, 0.25) is 5.91 Å². The molecule has 1 aromatic heterocycles. The predicted molar refractivity (Wildman–Crippen MR) is 110 cm³/mol. The van der Waals surface area contributed by atoms with E-state index in [0.717, 1.165) is 38.9 Å². The molecule has 2 aromatic rings. The molecule has 1 atom stereocenters. The molecule has 5 rings (SSSR count). The number of furan rings is 1. The number of hydrogen-bond acceptors (Lipinski definition) is 3. The number of piperidine rings is 1. The normalized spacial score (nSPS) is 22.5. The van der Waals surface area contributed by atoms with Crippen LogP contribution in [-0.2, 0) is 10.2 Å². The van der Waals surface area contributed by atoms with Crippen molar-refractivity contribution in [2.24, 2.45) is 5.92 Å². The maximum Gasteiger partial charge on any atom is 0.257 e. The first-order chi connectivity index (χ1) is 14.1. The summed E-state index contributed by atoms with van der Waals surface area (Å²) in [5, 5.41) is 3.13. The Labute approximate surface area is 171 Å². The van der Waals surface area contributed by atoms with Crippen molar-refractivity contribution in [1.29, 1.82) is 0 Å². The topological polar surface area (TPSA) is 62.6 Å². The van der Waals surface area contributed by atoms with Gasteiger partial charge in [-0.3, -0.25) is 9.59 Å². The van der Waals surface area contributed by atoms with Gasteiger partial charge in [0.25, 0.3) is 5.91 Å². The lowest BCUT2D eigenvalue weighted by atomic mass is 9.73. The third-order valence-electron chi connectivity index (χ3n) is 7.10. The van der Waals surface area contributed by atoms with Crippen LogP contribution < -0.4 is 5.32 Å². The van der Waals surface area contributed by atoms with Crippen LogP contribution in [0.1, 0.15) is 65.9 Å². The molecule has 1 saturated carbocycles. The number of hydrogen-bond donors (Lipinski definition) is 1. The van der Waals surface area contributed by atoms with Crippen LogP contribution in [-0.4, -0.2) is 36.3 Å². The lowest BCUT2D eigenvalue weighted by Gasteiger charge is -2.40. The lowest BCUT2D eigenvalue weighted by molar-refractivity contribution is -0.121. The summed E-state index contributed by atoms with van der Waals surface area (Å²) in [6.07, 6.45) is 9.06. The quantitative estimate of drug-likeness (QED) is 0.841. The number of nitrogens with zero attached hydrogens (tertiary/aromatic N) is 1. The van der Waals surface area contributed by atoms with Crippen molar-refractivity contribution < 1.29 is 14.0 Å². The van der Waals surface area contributed by atoms with Gasteiger partial charge in [-0.1, -0.05) is 24.3 Å². The third-order valence-corrected chi connectivity index (χ3v) is 7.10. The second-order valence-electron chi connectivity index (χ2n) is 9.02. The maximum atomic E-state index is 12.7. The van der Waals surface area contributed by atoms with Crippen LogP contribution in [0.2, 0.25) is 0 Å². The van der Waals surface area contributed by atoms with E-state index in [-0.39, 0.29) is 23.1 Å². The molecule has 1 saturated heterocycles. The molecule has 1 aromatic carbocycles. The highest BCUT2D eigenvalue weighted by Crippen LogP contribution is 2.52. The zero-order chi connectivity index (χ0) is 19.8. The zero-order valence-corrected chi connectivity index (χ0v) is 16.7. The molecule has 5 nitrogen and oxygen atoms in total. The molecule has 5 heteroatoms. The van der Waals surface area contributed by atoms with Crippen molar-refractivity contribution in [2.45, 2.75) is 49.9 Å². The van der Waals surface area contributed by atoms with Gasteiger partial charge < -0.3 is 14.6 Å². The Morgan fingerprint density at radius 2 is 1.93 bits per heavy atom. The molecule has 0 unspecified atom stereocenters. The summed E-state index contributed by atoms with van der Waals surface area (Å²) in [7, 11) is 0. The first-order valence-corrected chi connectivity index (χ1v) is 10.8. The average molecular weight is 392 g/mol. The lowest BCUT2D eigenvalue weighted by Crippen LogP contribution is -2.44. The second kappa shape index (κ2) is 7.36. The highest BCUT2D eigenvalue weighted by Gasteiger charge is 2.46. The Hall–Kier alpha value is -2.56. The summed E-state index contributed by atoms with van der Waals surface area (Å²) >= 11 is 0. The van der Waals surface area contributed by atoms with Gasteiger partial charge in [0, 0.05) is 26.1 Å². The van der Waals surface area contributed by atoms with Gasteiger partial charge >= 0.3 is 0 Å². The van der Waals surface area contributed by atoms with Crippen LogP contribution >= 0.6 is 0 Å². The van der Waals surface area contributed by atoms with Crippen molar-refractivity contribution in [3.8, 4) is 0 Å². The summed E-state index contributed by atoms with van der Waals surface area (Å²) in [5.41, 5.74) is 3.45. The smallest absolute Gasteiger partial charge is 0.257 e. The van der Waals surface area contributed by atoms with Crippen LogP contribution in [0.15, 0.2) is 47.3 Å². The van der Waals surface area contributed by atoms with Crippen molar-refractivity contribution in [3.05, 3.63) is 59.5 Å². The Kier molecular flexibility index (Phi) is 4.69. The Bertz CT molecular complexity index is 893. The van der Waals surface area contributed by atoms with E-state index in [1.165, 1.54) is 30.2 Å². The largest absolute Gasteiger partial charge is 0.472 e. The van der Waals surface area contributed by atoms with E-state index in [1.807, 2.05) is 4.90 Å². The minimum Gasteiger partial charge on any atom is -0.472 e. The summed E-state index contributed by atoms with van der Waals surface area (Å²) in [6, 6.07) is 10.4. The standard InChI is InChI=1S/C24H28N2O3/c27-22(25-15-17-5-6-17)13-19-14-24(21-4-2-1-3-20(19)21)8-10-26(11-9-24)23(28)18-7-12-29-16-18/h1-4,7,12,16-17,19H,5-6,8-11,13-15H2,(H,25,27)/t19-/m1/s1. The predicted octanol–water partition coefficient (Wildman–Crippen LogP) is 3.86. The van der Waals surface area contributed by atoms with E-state index >= 15 is 0 Å². The summed E-state index contributed by atoms with van der Waals surface area (Å²) in [4.78, 5) is 27.1. The van der Waals surface area contributed by atoms with E-state index in [0.29, 0.717) is 17.9 Å². The molecule has 1 spiro atoms. The summed E-state index contributed by atoms with van der Waals surface area (Å²) < 4.78 is 5.07. The van der Waals surface area contributed by atoms with Gasteiger partial charge in [0.1, 0.15) is 6.26 Å². The van der Waals surface area contributed by atoms with E-state index < -0.39 is 0 Å². The molecule has 29 heavy (non-hydrogen) atoms. The van der Waals surface area contributed by atoms with Crippen LogP contribution in [0.25, 0.3) is 0 Å². The van der Waals surface area contributed by atoms with E-state index in [2.05, 4.69) is 29.6 Å². The Balaban J connectivity index is 1.28. The Morgan fingerprint density at radius 3 is 2.66 bits per heavy atom. The fraction of sp³-hybridized carbons (Fsp3) is 0.500. The van der Waals surface area contributed by atoms with Crippen molar-refractivity contribution in [1.82, 2.24) is 10.2 Å². The van der Waals surface area contributed by atoms with E-state index in [9.17, 15) is 9.59 Å². The van der Waals surface area contributed by atoms with Gasteiger partial charge in [-0.25, -0.2) is 0 Å².